The van der Waals surface area contributed by atoms with Crippen molar-refractivity contribution in [2.45, 2.75) is 64.2 Å². The molecular formula is C23H32O2Si. The lowest BCUT2D eigenvalue weighted by molar-refractivity contribution is -0.0289. The molecule has 0 aliphatic heterocycles. The van der Waals surface area contributed by atoms with Gasteiger partial charge in [-0.3, -0.25) is 0 Å². The Balaban J connectivity index is 2.17. The Labute approximate surface area is 159 Å². The number of hydrogen-bond acceptors (Lipinski definition) is 2. The molecule has 3 heteroatoms. The fraction of sp³-hybridized carbons (Fsp3) is 0.478. The van der Waals surface area contributed by atoms with E-state index in [1.54, 1.807) is 0 Å². The number of aliphatic hydroxyl groups excluding tert-OH is 1. The molecule has 0 radical (unpaired) electrons. The summed E-state index contributed by atoms with van der Waals surface area (Å²) in [6.45, 7) is 9.10. The van der Waals surface area contributed by atoms with Crippen LogP contribution in [0, 0.1) is 5.92 Å². The van der Waals surface area contributed by atoms with E-state index in [4.69, 9.17) is 4.43 Å². The van der Waals surface area contributed by atoms with Crippen molar-refractivity contribution in [3.05, 3.63) is 60.7 Å². The second kappa shape index (κ2) is 7.67. The smallest absolute Gasteiger partial charge is 0.261 e. The third-order valence-electron chi connectivity index (χ3n) is 5.83. The minimum absolute atomic E-state index is 0.0490. The van der Waals surface area contributed by atoms with Crippen molar-refractivity contribution in [2.24, 2.45) is 5.92 Å². The molecule has 0 bridgehead atoms. The first-order valence-electron chi connectivity index (χ1n) is 9.83. The standard InChI is InChI=1S/C23H32O2Si/c1-18-12-11-17-21(24)22(18)25-26(23(2,3)4,19-13-7-5-8-14-19)20-15-9-6-10-16-20/h5-10,13-16,18,21-22,24H,11-12,17H2,1-4H3/t18-,21+,22-/m0/s1. The van der Waals surface area contributed by atoms with E-state index in [1.165, 1.54) is 10.4 Å². The van der Waals surface area contributed by atoms with Crippen molar-refractivity contribution in [1.29, 1.82) is 0 Å². The first kappa shape index (κ1) is 19.3. The topological polar surface area (TPSA) is 29.5 Å². The Morgan fingerprint density at radius 1 is 0.885 bits per heavy atom. The predicted molar refractivity (Wildman–Crippen MR) is 112 cm³/mol. The normalized spacial score (nSPS) is 24.4. The van der Waals surface area contributed by atoms with E-state index in [0.717, 1.165) is 19.3 Å². The Morgan fingerprint density at radius 3 is 1.81 bits per heavy atom. The molecule has 1 aliphatic carbocycles. The predicted octanol–water partition coefficient (Wildman–Crippen LogP) is 4.11. The maximum Gasteiger partial charge on any atom is 0.261 e. The number of hydrogen-bond donors (Lipinski definition) is 1. The average molecular weight is 369 g/mol. The average Bonchev–Trinajstić information content (AvgIpc) is 2.62. The van der Waals surface area contributed by atoms with E-state index >= 15 is 0 Å². The molecule has 0 amide bonds. The lowest BCUT2D eigenvalue weighted by Gasteiger charge is -2.48. The summed E-state index contributed by atoms with van der Waals surface area (Å²) in [5, 5.41) is 13.3. The molecule has 3 rings (SSSR count). The molecule has 0 saturated heterocycles. The number of benzene rings is 2. The Hall–Kier alpha value is -1.42. The summed E-state index contributed by atoms with van der Waals surface area (Å²) in [6.07, 6.45) is 2.58. The van der Waals surface area contributed by atoms with Crippen molar-refractivity contribution in [2.75, 3.05) is 0 Å². The molecule has 0 spiro atoms. The molecular weight excluding hydrogens is 336 g/mol. The molecule has 1 fully saturated rings. The first-order valence-corrected chi connectivity index (χ1v) is 11.7. The fourth-order valence-corrected chi connectivity index (χ4v) is 9.26. The number of rotatable bonds is 4. The van der Waals surface area contributed by atoms with Gasteiger partial charge in [-0.05, 0) is 34.2 Å². The molecule has 3 atom stereocenters. The van der Waals surface area contributed by atoms with Crippen LogP contribution in [0.2, 0.25) is 5.04 Å². The zero-order chi connectivity index (χ0) is 18.8. The summed E-state index contributed by atoms with van der Waals surface area (Å²) in [7, 11) is -2.58. The van der Waals surface area contributed by atoms with E-state index < -0.39 is 8.32 Å². The lowest BCUT2D eigenvalue weighted by atomic mass is 9.86. The van der Waals surface area contributed by atoms with Gasteiger partial charge in [0.05, 0.1) is 12.2 Å². The van der Waals surface area contributed by atoms with Gasteiger partial charge in [-0.15, -0.1) is 0 Å². The van der Waals surface area contributed by atoms with Crippen molar-refractivity contribution in [1.82, 2.24) is 0 Å². The fourth-order valence-electron chi connectivity index (χ4n) is 4.45. The molecule has 2 aromatic carbocycles. The molecule has 0 aromatic heterocycles. The zero-order valence-corrected chi connectivity index (χ0v) is 17.5. The van der Waals surface area contributed by atoms with Crippen LogP contribution in [0.25, 0.3) is 0 Å². The highest BCUT2D eigenvalue weighted by atomic mass is 28.4. The third kappa shape index (κ3) is 3.53. The zero-order valence-electron chi connectivity index (χ0n) is 16.5. The highest BCUT2D eigenvalue weighted by Crippen LogP contribution is 2.40. The molecule has 26 heavy (non-hydrogen) atoms. The molecule has 1 saturated carbocycles. The number of aliphatic hydroxyl groups is 1. The van der Waals surface area contributed by atoms with Crippen LogP contribution in [-0.4, -0.2) is 25.6 Å². The van der Waals surface area contributed by atoms with Crippen LogP contribution in [0.15, 0.2) is 60.7 Å². The maximum atomic E-state index is 10.8. The van der Waals surface area contributed by atoms with Crippen molar-refractivity contribution in [3.63, 3.8) is 0 Å². The second-order valence-electron chi connectivity index (χ2n) is 8.72. The molecule has 0 unspecified atom stereocenters. The van der Waals surface area contributed by atoms with Crippen molar-refractivity contribution < 1.29 is 9.53 Å². The summed E-state index contributed by atoms with van der Waals surface area (Å²) >= 11 is 0. The Kier molecular flexibility index (Phi) is 5.71. The third-order valence-corrected chi connectivity index (χ3v) is 10.9. The summed E-state index contributed by atoms with van der Waals surface area (Å²) in [6, 6.07) is 21.4. The molecule has 2 aromatic rings. The van der Waals surface area contributed by atoms with Gasteiger partial charge >= 0.3 is 0 Å². The SMILES string of the molecule is C[C@H]1CCC[C@@H](O)[C@H]1O[Si](c1ccccc1)(c1ccccc1)C(C)(C)C. The maximum absolute atomic E-state index is 10.8. The van der Waals surface area contributed by atoms with Gasteiger partial charge in [-0.2, -0.15) is 0 Å². The van der Waals surface area contributed by atoms with Gasteiger partial charge in [0.15, 0.2) is 0 Å². The molecule has 140 valence electrons. The van der Waals surface area contributed by atoms with Gasteiger partial charge in [-0.25, -0.2) is 0 Å². The van der Waals surface area contributed by atoms with E-state index in [2.05, 4.69) is 88.4 Å². The van der Waals surface area contributed by atoms with Crippen molar-refractivity contribution in [3.8, 4) is 0 Å². The van der Waals surface area contributed by atoms with Gasteiger partial charge < -0.3 is 9.53 Å². The van der Waals surface area contributed by atoms with Crippen LogP contribution in [0.5, 0.6) is 0 Å². The van der Waals surface area contributed by atoms with E-state index in [1.807, 2.05) is 0 Å². The quantitative estimate of drug-likeness (QED) is 0.823. The summed E-state index contributed by atoms with van der Waals surface area (Å²) in [4.78, 5) is 0. The van der Waals surface area contributed by atoms with Gasteiger partial charge in [0.2, 0.25) is 0 Å². The van der Waals surface area contributed by atoms with Crippen LogP contribution in [0.3, 0.4) is 0 Å². The van der Waals surface area contributed by atoms with Crippen LogP contribution >= 0.6 is 0 Å². The first-order chi connectivity index (χ1) is 12.4. The molecule has 2 nitrogen and oxygen atoms in total. The molecule has 1 aliphatic rings. The van der Waals surface area contributed by atoms with Crippen LogP contribution in [0.1, 0.15) is 47.0 Å². The van der Waals surface area contributed by atoms with Crippen LogP contribution < -0.4 is 10.4 Å². The van der Waals surface area contributed by atoms with E-state index in [0.29, 0.717) is 5.92 Å². The molecule has 1 N–H and O–H groups in total. The summed E-state index contributed by atoms with van der Waals surface area (Å²) < 4.78 is 7.13. The Bertz CT molecular complexity index is 644. The summed E-state index contributed by atoms with van der Waals surface area (Å²) in [5.41, 5.74) is 0. The highest BCUT2D eigenvalue weighted by molar-refractivity contribution is 6.99. The van der Waals surface area contributed by atoms with Gasteiger partial charge in [0.1, 0.15) is 0 Å². The van der Waals surface area contributed by atoms with Crippen LogP contribution in [0.4, 0.5) is 0 Å². The molecule has 0 heterocycles. The van der Waals surface area contributed by atoms with Crippen LogP contribution in [-0.2, 0) is 4.43 Å². The largest absolute Gasteiger partial charge is 0.402 e. The second-order valence-corrected chi connectivity index (χ2v) is 13.0. The van der Waals surface area contributed by atoms with Gasteiger partial charge in [0, 0.05) is 0 Å². The van der Waals surface area contributed by atoms with E-state index in [-0.39, 0.29) is 17.2 Å². The minimum atomic E-state index is -2.58. The lowest BCUT2D eigenvalue weighted by Crippen LogP contribution is -2.69. The van der Waals surface area contributed by atoms with Crippen molar-refractivity contribution >= 4 is 18.7 Å². The van der Waals surface area contributed by atoms with E-state index in [9.17, 15) is 5.11 Å². The Morgan fingerprint density at radius 2 is 1.38 bits per heavy atom. The summed E-state index contributed by atoms with van der Waals surface area (Å²) in [5.74, 6) is 0.375. The monoisotopic (exact) mass is 368 g/mol. The van der Waals surface area contributed by atoms with Gasteiger partial charge in [0.25, 0.3) is 8.32 Å². The minimum Gasteiger partial charge on any atom is -0.402 e. The van der Waals surface area contributed by atoms with Gasteiger partial charge in [-0.1, -0.05) is 94.8 Å². The highest BCUT2D eigenvalue weighted by Gasteiger charge is 2.52.